The van der Waals surface area contributed by atoms with Crippen molar-refractivity contribution in [2.45, 2.75) is 0 Å². The number of methoxy groups -OCH3 is 3. The largest absolute Gasteiger partial charge is 0.493 e. The molecule has 4 heteroatoms. The molecule has 24 heavy (non-hydrogen) atoms. The summed E-state index contributed by atoms with van der Waals surface area (Å²) in [6, 6.07) is 12.3. The lowest BCUT2D eigenvalue weighted by atomic mass is 10.1. The predicted molar refractivity (Wildman–Crippen MR) is 97.9 cm³/mol. The molecule has 4 nitrogen and oxygen atoms in total. The minimum atomic E-state index is 0.598. The van der Waals surface area contributed by atoms with Gasteiger partial charge >= 0.3 is 0 Å². The quantitative estimate of drug-likeness (QED) is 0.653. The van der Waals surface area contributed by atoms with Crippen molar-refractivity contribution in [1.82, 2.24) is 4.57 Å². The molecular weight excluding hydrogens is 302 g/mol. The highest BCUT2D eigenvalue weighted by Gasteiger charge is 2.14. The van der Waals surface area contributed by atoms with Crippen molar-refractivity contribution in [3.8, 4) is 17.2 Å². The molecule has 1 heterocycles. The van der Waals surface area contributed by atoms with Gasteiger partial charge in [0.25, 0.3) is 0 Å². The SMILES string of the molecule is COc1ccc(/C=C/c2ccc3c(ccn3C)c2)c(OC)c1OC. The molecule has 0 amide bonds. The van der Waals surface area contributed by atoms with Gasteiger partial charge in [-0.25, -0.2) is 0 Å². The molecule has 2 aromatic carbocycles. The molecule has 0 bridgehead atoms. The Balaban J connectivity index is 1.98. The van der Waals surface area contributed by atoms with E-state index in [1.165, 1.54) is 10.9 Å². The van der Waals surface area contributed by atoms with E-state index in [0.717, 1.165) is 11.1 Å². The van der Waals surface area contributed by atoms with Crippen molar-refractivity contribution in [2.75, 3.05) is 21.3 Å². The number of ether oxygens (including phenoxy) is 3. The predicted octanol–water partition coefficient (Wildman–Crippen LogP) is 4.37. The number of nitrogens with zero attached hydrogens (tertiary/aromatic N) is 1. The number of aryl methyl sites for hydroxylation is 1. The molecule has 0 saturated carbocycles. The smallest absolute Gasteiger partial charge is 0.203 e. The van der Waals surface area contributed by atoms with Crippen LogP contribution in [0, 0.1) is 0 Å². The lowest BCUT2D eigenvalue weighted by Gasteiger charge is -2.14. The number of fused-ring (bicyclic) bond motifs is 1. The maximum absolute atomic E-state index is 5.51. The second kappa shape index (κ2) is 6.71. The number of hydrogen-bond acceptors (Lipinski definition) is 3. The Bertz CT molecular complexity index is 893. The van der Waals surface area contributed by atoms with Crippen LogP contribution in [0.25, 0.3) is 23.1 Å². The molecule has 124 valence electrons. The van der Waals surface area contributed by atoms with Crippen LogP contribution in [0.3, 0.4) is 0 Å². The van der Waals surface area contributed by atoms with E-state index in [1.54, 1.807) is 21.3 Å². The maximum Gasteiger partial charge on any atom is 0.203 e. The van der Waals surface area contributed by atoms with Crippen LogP contribution in [0.2, 0.25) is 0 Å². The molecule has 0 aliphatic heterocycles. The first-order valence-electron chi connectivity index (χ1n) is 7.70. The zero-order chi connectivity index (χ0) is 17.1. The summed E-state index contributed by atoms with van der Waals surface area (Å²) in [4.78, 5) is 0. The highest BCUT2D eigenvalue weighted by Crippen LogP contribution is 2.40. The first-order chi connectivity index (χ1) is 11.7. The van der Waals surface area contributed by atoms with E-state index in [4.69, 9.17) is 14.2 Å². The lowest BCUT2D eigenvalue weighted by molar-refractivity contribution is 0.324. The standard InChI is InChI=1S/C20H21NO3/c1-21-12-11-16-13-14(6-9-17(16)21)5-7-15-8-10-18(22-2)20(24-4)19(15)23-3/h5-13H,1-4H3/b7-5+. The van der Waals surface area contributed by atoms with Crippen LogP contribution in [0.15, 0.2) is 42.6 Å². The molecule has 1 aromatic heterocycles. The van der Waals surface area contributed by atoms with Gasteiger partial charge in [-0.15, -0.1) is 0 Å². The number of aromatic nitrogens is 1. The fraction of sp³-hybridized carbons (Fsp3) is 0.200. The second-order valence-corrected chi connectivity index (χ2v) is 5.50. The molecule has 0 aliphatic carbocycles. The maximum atomic E-state index is 5.51. The van der Waals surface area contributed by atoms with E-state index < -0.39 is 0 Å². The summed E-state index contributed by atoms with van der Waals surface area (Å²) in [6.45, 7) is 0. The average molecular weight is 323 g/mol. The van der Waals surface area contributed by atoms with Gasteiger partial charge in [0.15, 0.2) is 11.5 Å². The normalized spacial score (nSPS) is 11.2. The van der Waals surface area contributed by atoms with Crippen molar-refractivity contribution in [1.29, 1.82) is 0 Å². The van der Waals surface area contributed by atoms with Crippen LogP contribution in [0.1, 0.15) is 11.1 Å². The molecule has 0 unspecified atom stereocenters. The van der Waals surface area contributed by atoms with Gasteiger partial charge in [-0.2, -0.15) is 0 Å². The minimum Gasteiger partial charge on any atom is -0.493 e. The van der Waals surface area contributed by atoms with Gasteiger partial charge in [0.2, 0.25) is 5.75 Å². The molecule has 0 N–H and O–H groups in total. The van der Waals surface area contributed by atoms with Crippen molar-refractivity contribution in [2.24, 2.45) is 7.05 Å². The van der Waals surface area contributed by atoms with Crippen molar-refractivity contribution < 1.29 is 14.2 Å². The van der Waals surface area contributed by atoms with E-state index >= 15 is 0 Å². The lowest BCUT2D eigenvalue weighted by Crippen LogP contribution is -1.96. The second-order valence-electron chi connectivity index (χ2n) is 5.50. The summed E-state index contributed by atoms with van der Waals surface area (Å²) in [7, 11) is 6.90. The van der Waals surface area contributed by atoms with Crippen LogP contribution >= 0.6 is 0 Å². The van der Waals surface area contributed by atoms with Gasteiger partial charge in [-0.3, -0.25) is 0 Å². The Morgan fingerprint density at radius 1 is 0.833 bits per heavy atom. The number of rotatable bonds is 5. The van der Waals surface area contributed by atoms with Gasteiger partial charge in [-0.05, 0) is 35.9 Å². The zero-order valence-corrected chi connectivity index (χ0v) is 14.4. The Morgan fingerprint density at radius 3 is 2.33 bits per heavy atom. The third-order valence-electron chi connectivity index (χ3n) is 4.10. The van der Waals surface area contributed by atoms with Crippen LogP contribution in [0.5, 0.6) is 17.2 Å². The van der Waals surface area contributed by atoms with E-state index in [2.05, 4.69) is 41.1 Å². The summed E-state index contributed by atoms with van der Waals surface area (Å²) in [6.07, 6.45) is 6.15. The monoisotopic (exact) mass is 323 g/mol. The fourth-order valence-electron chi connectivity index (χ4n) is 2.85. The third kappa shape index (κ3) is 2.83. The topological polar surface area (TPSA) is 32.6 Å². The van der Waals surface area contributed by atoms with Gasteiger partial charge < -0.3 is 18.8 Å². The molecule has 0 fully saturated rings. The summed E-state index contributed by atoms with van der Waals surface area (Å²) >= 11 is 0. The molecule has 3 rings (SSSR count). The number of hydrogen-bond donors (Lipinski definition) is 0. The van der Waals surface area contributed by atoms with Crippen LogP contribution in [0.4, 0.5) is 0 Å². The third-order valence-corrected chi connectivity index (χ3v) is 4.10. The highest BCUT2D eigenvalue weighted by atomic mass is 16.5. The van der Waals surface area contributed by atoms with Gasteiger partial charge in [0, 0.05) is 29.7 Å². The van der Waals surface area contributed by atoms with Crippen molar-refractivity contribution in [3.05, 3.63) is 53.7 Å². The van der Waals surface area contributed by atoms with Gasteiger partial charge in [-0.1, -0.05) is 18.2 Å². The Morgan fingerprint density at radius 2 is 1.62 bits per heavy atom. The Labute approximate surface area is 141 Å². The number of benzene rings is 2. The molecular formula is C20H21NO3. The highest BCUT2D eigenvalue weighted by molar-refractivity contribution is 5.85. The molecule has 3 aromatic rings. The molecule has 0 aliphatic rings. The zero-order valence-electron chi connectivity index (χ0n) is 14.4. The van der Waals surface area contributed by atoms with E-state index in [1.807, 2.05) is 25.3 Å². The molecule has 0 atom stereocenters. The van der Waals surface area contributed by atoms with Crippen molar-refractivity contribution in [3.63, 3.8) is 0 Å². The average Bonchev–Trinajstić information content (AvgIpc) is 2.99. The summed E-state index contributed by atoms with van der Waals surface area (Å²) in [5, 5.41) is 1.22. The molecule has 0 radical (unpaired) electrons. The summed E-state index contributed by atoms with van der Waals surface area (Å²) in [5.41, 5.74) is 3.28. The Hall–Kier alpha value is -2.88. The first kappa shape index (κ1) is 16.0. The molecule has 0 saturated heterocycles. The minimum absolute atomic E-state index is 0.598. The van der Waals surface area contributed by atoms with Crippen LogP contribution in [-0.4, -0.2) is 25.9 Å². The van der Waals surface area contributed by atoms with Crippen LogP contribution < -0.4 is 14.2 Å². The summed E-state index contributed by atoms with van der Waals surface area (Å²) < 4.78 is 18.4. The summed E-state index contributed by atoms with van der Waals surface area (Å²) in [5.74, 6) is 1.91. The van der Waals surface area contributed by atoms with E-state index in [-0.39, 0.29) is 0 Å². The fourth-order valence-corrected chi connectivity index (χ4v) is 2.85. The van der Waals surface area contributed by atoms with E-state index in [0.29, 0.717) is 17.2 Å². The van der Waals surface area contributed by atoms with Crippen LogP contribution in [-0.2, 0) is 7.05 Å². The van der Waals surface area contributed by atoms with E-state index in [9.17, 15) is 0 Å². The van der Waals surface area contributed by atoms with Gasteiger partial charge in [0.1, 0.15) is 0 Å². The van der Waals surface area contributed by atoms with Crippen molar-refractivity contribution >= 4 is 23.1 Å². The molecule has 0 spiro atoms. The van der Waals surface area contributed by atoms with Gasteiger partial charge in [0.05, 0.1) is 21.3 Å². The Kier molecular flexibility index (Phi) is 4.47. The first-order valence-corrected chi connectivity index (χ1v) is 7.70.